The van der Waals surface area contributed by atoms with E-state index in [9.17, 15) is 24.0 Å². The lowest BCUT2D eigenvalue weighted by Crippen LogP contribution is -2.58. The molecule has 172 valence electrons. The molecule has 0 saturated heterocycles. The van der Waals surface area contributed by atoms with Crippen molar-refractivity contribution in [1.29, 1.82) is 0 Å². The molecule has 0 amide bonds. The predicted molar refractivity (Wildman–Crippen MR) is 102 cm³/mol. The average molecular weight is 434 g/mol. The van der Waals surface area contributed by atoms with Crippen molar-refractivity contribution in [3.63, 3.8) is 0 Å². The van der Waals surface area contributed by atoms with E-state index >= 15 is 0 Å². The van der Waals surface area contributed by atoms with E-state index in [1.54, 1.807) is 0 Å². The number of ether oxygens (including phenoxy) is 5. The van der Waals surface area contributed by atoms with Gasteiger partial charge in [0.15, 0.2) is 6.10 Å². The van der Waals surface area contributed by atoms with Crippen molar-refractivity contribution in [1.82, 2.24) is 0 Å². The summed E-state index contributed by atoms with van der Waals surface area (Å²) in [6, 6.07) is 0. The predicted octanol–water partition coefficient (Wildman–Crippen LogP) is -0.0127. The summed E-state index contributed by atoms with van der Waals surface area (Å²) in [4.78, 5) is 56.3. The van der Waals surface area contributed by atoms with Crippen LogP contribution in [0.15, 0.2) is 0 Å². The molecule has 0 saturated carbocycles. The Morgan fingerprint density at radius 2 is 0.967 bits per heavy atom. The number of hydrogen-bond acceptors (Lipinski definition) is 10. The highest BCUT2D eigenvalue weighted by atomic mass is 16.6. The highest BCUT2D eigenvalue weighted by molar-refractivity contribution is 5.67. The summed E-state index contributed by atoms with van der Waals surface area (Å²) in [5.74, 6) is -2.51. The molecule has 0 aromatic rings. The summed E-state index contributed by atoms with van der Waals surface area (Å²) < 4.78 is 25.5. The number of esters is 5. The van der Waals surface area contributed by atoms with Crippen LogP contribution in [0.3, 0.4) is 0 Å². The second kappa shape index (κ2) is 14.3. The van der Waals surface area contributed by atoms with Crippen molar-refractivity contribution in [2.24, 2.45) is 0 Å². The molecule has 1 atom stereocenters. The van der Waals surface area contributed by atoms with Gasteiger partial charge in [-0.25, -0.2) is 0 Å². The van der Waals surface area contributed by atoms with Crippen LogP contribution in [0, 0.1) is 0 Å². The molecule has 0 fully saturated rings. The highest BCUT2D eigenvalue weighted by Crippen LogP contribution is 2.13. The largest absolute Gasteiger partial charge is 0.462 e. The minimum absolute atomic E-state index is 0.0375. The molecule has 0 bridgehead atoms. The summed E-state index contributed by atoms with van der Waals surface area (Å²) in [5.41, 5.74) is 0. The fourth-order valence-electron chi connectivity index (χ4n) is 2.76. The molecule has 0 heterocycles. The third kappa shape index (κ3) is 14.3. The minimum Gasteiger partial charge on any atom is -0.462 e. The average Bonchev–Trinajstić information content (AvgIpc) is 2.58. The Bertz CT molecular complexity index is 554. The van der Waals surface area contributed by atoms with Crippen LogP contribution in [0.5, 0.6) is 0 Å². The maximum Gasteiger partial charge on any atom is 0.303 e. The molecule has 11 heteroatoms. The van der Waals surface area contributed by atoms with E-state index in [1.165, 1.54) is 34.6 Å². The first-order chi connectivity index (χ1) is 14.0. The second-order valence-electron chi connectivity index (χ2n) is 6.75. The van der Waals surface area contributed by atoms with Crippen LogP contribution in [-0.2, 0) is 47.7 Å². The zero-order valence-corrected chi connectivity index (χ0v) is 18.3. The zero-order valence-electron chi connectivity index (χ0n) is 18.3. The molecular weight excluding hydrogens is 402 g/mol. The summed E-state index contributed by atoms with van der Waals surface area (Å²) in [6.45, 7) is 7.15. The van der Waals surface area contributed by atoms with Crippen LogP contribution in [0.2, 0.25) is 0 Å². The Balaban J connectivity index is 5.59. The lowest BCUT2D eigenvalue weighted by atomic mass is 10.2. The number of quaternary nitrogens is 1. The van der Waals surface area contributed by atoms with Crippen molar-refractivity contribution in [2.75, 3.05) is 52.6 Å². The van der Waals surface area contributed by atoms with Gasteiger partial charge in [-0.15, -0.1) is 0 Å². The van der Waals surface area contributed by atoms with Crippen molar-refractivity contribution >= 4 is 29.8 Å². The molecule has 0 aromatic heterocycles. The van der Waals surface area contributed by atoms with Crippen LogP contribution >= 0.6 is 0 Å². The van der Waals surface area contributed by atoms with Gasteiger partial charge < -0.3 is 28.2 Å². The van der Waals surface area contributed by atoms with Gasteiger partial charge in [-0.2, -0.15) is 0 Å². The van der Waals surface area contributed by atoms with E-state index in [0.717, 1.165) is 0 Å². The van der Waals surface area contributed by atoms with E-state index in [2.05, 4.69) is 0 Å². The normalized spacial score (nSPS) is 11.8. The number of hydrogen-bond donors (Lipinski definition) is 0. The first kappa shape index (κ1) is 27.3. The van der Waals surface area contributed by atoms with Gasteiger partial charge in [0.1, 0.15) is 52.6 Å². The van der Waals surface area contributed by atoms with E-state index < -0.39 is 36.0 Å². The third-order valence-corrected chi connectivity index (χ3v) is 4.01. The quantitative estimate of drug-likeness (QED) is 0.209. The fraction of sp³-hybridized carbons (Fsp3) is 0.737. The van der Waals surface area contributed by atoms with E-state index in [0.29, 0.717) is 0 Å². The summed E-state index contributed by atoms with van der Waals surface area (Å²) in [5, 5.41) is 0. The summed E-state index contributed by atoms with van der Waals surface area (Å²) in [6.07, 6.45) is -0.807. The Morgan fingerprint density at radius 1 is 0.600 bits per heavy atom. The van der Waals surface area contributed by atoms with Crippen molar-refractivity contribution in [3.8, 4) is 0 Å². The molecule has 30 heavy (non-hydrogen) atoms. The number of carbonyl (C=O) groups excluding carboxylic acids is 5. The van der Waals surface area contributed by atoms with Gasteiger partial charge in [0, 0.05) is 34.6 Å². The fourth-order valence-corrected chi connectivity index (χ4v) is 2.76. The maximum atomic E-state index is 11.5. The van der Waals surface area contributed by atoms with Gasteiger partial charge in [0.05, 0.1) is 0 Å². The number of nitrogens with zero attached hydrogens (tertiary/aromatic N) is 1. The number of carbonyl (C=O) groups is 5. The molecule has 1 unspecified atom stereocenters. The Labute approximate surface area is 176 Å². The van der Waals surface area contributed by atoms with Gasteiger partial charge in [0.25, 0.3) is 0 Å². The Kier molecular flexibility index (Phi) is 13.0. The Morgan fingerprint density at radius 3 is 1.27 bits per heavy atom. The minimum atomic E-state index is -0.807. The van der Waals surface area contributed by atoms with Crippen molar-refractivity contribution < 1.29 is 52.1 Å². The van der Waals surface area contributed by atoms with Crippen LogP contribution in [0.4, 0.5) is 0 Å². The highest BCUT2D eigenvalue weighted by Gasteiger charge is 2.34. The molecule has 0 spiro atoms. The SMILES string of the molecule is CC(=O)OCC[N+](CCOC(C)=O)(CCOC(C)=O)CC(COC(C)=O)OC(C)=O. The van der Waals surface area contributed by atoms with Gasteiger partial charge >= 0.3 is 29.8 Å². The van der Waals surface area contributed by atoms with Crippen molar-refractivity contribution in [3.05, 3.63) is 0 Å². The standard InChI is InChI=1S/C19H32NO10/c1-14(21)26-9-6-20(7-10-27-15(2)22,8-11-28-16(3)23)12-19(30-18(5)25)13-29-17(4)24/h19H,6-13H2,1-5H3/q+1. The molecule has 0 aliphatic carbocycles. The summed E-state index contributed by atoms with van der Waals surface area (Å²) >= 11 is 0. The van der Waals surface area contributed by atoms with Crippen LogP contribution in [0.25, 0.3) is 0 Å². The Hall–Kier alpha value is -2.69. The van der Waals surface area contributed by atoms with E-state index in [1.807, 2.05) is 0 Å². The lowest BCUT2D eigenvalue weighted by molar-refractivity contribution is -0.931. The maximum absolute atomic E-state index is 11.5. The topological polar surface area (TPSA) is 132 Å². The number of rotatable bonds is 14. The monoisotopic (exact) mass is 434 g/mol. The van der Waals surface area contributed by atoms with Gasteiger partial charge in [0.2, 0.25) is 0 Å². The zero-order chi connectivity index (χ0) is 23.2. The summed E-state index contributed by atoms with van der Waals surface area (Å²) in [7, 11) is 0. The molecule has 0 N–H and O–H groups in total. The van der Waals surface area contributed by atoms with E-state index in [4.69, 9.17) is 23.7 Å². The third-order valence-electron chi connectivity index (χ3n) is 4.01. The molecular formula is C19H32NO10+. The van der Waals surface area contributed by atoms with Gasteiger partial charge in [-0.1, -0.05) is 0 Å². The molecule has 0 radical (unpaired) electrons. The molecule has 0 aliphatic rings. The van der Waals surface area contributed by atoms with Crippen molar-refractivity contribution in [2.45, 2.75) is 40.7 Å². The van der Waals surface area contributed by atoms with Crippen LogP contribution < -0.4 is 0 Å². The first-order valence-electron chi connectivity index (χ1n) is 9.51. The molecule has 0 aromatic carbocycles. The van der Waals surface area contributed by atoms with Crippen LogP contribution in [0.1, 0.15) is 34.6 Å². The van der Waals surface area contributed by atoms with Gasteiger partial charge in [-0.3, -0.25) is 24.0 Å². The smallest absolute Gasteiger partial charge is 0.303 e. The second-order valence-corrected chi connectivity index (χ2v) is 6.75. The molecule has 0 rings (SSSR count). The van der Waals surface area contributed by atoms with Crippen LogP contribution in [-0.4, -0.2) is 93.0 Å². The van der Waals surface area contributed by atoms with E-state index in [-0.39, 0.29) is 57.1 Å². The molecule has 0 aliphatic heterocycles. The lowest BCUT2D eigenvalue weighted by Gasteiger charge is -2.40. The first-order valence-corrected chi connectivity index (χ1v) is 9.51. The van der Waals surface area contributed by atoms with Gasteiger partial charge in [-0.05, 0) is 0 Å². The molecule has 11 nitrogen and oxygen atoms in total.